The normalized spacial score (nSPS) is 27.7. The molecule has 1 saturated carbocycles. The molecule has 1 saturated heterocycles. The summed E-state index contributed by atoms with van der Waals surface area (Å²) in [6, 6.07) is 14.3. The molecule has 2 aromatic carbocycles. The van der Waals surface area contributed by atoms with Crippen LogP contribution < -0.4 is 0 Å². The first-order chi connectivity index (χ1) is 16.7. The molecule has 8 nitrogen and oxygen atoms in total. The minimum atomic E-state index is -3.99. The first-order valence-corrected chi connectivity index (χ1v) is 13.5. The molecule has 1 aliphatic carbocycles. The summed E-state index contributed by atoms with van der Waals surface area (Å²) in [5, 5.41) is 12.4. The quantitative estimate of drug-likeness (QED) is 0.407. The highest BCUT2D eigenvalue weighted by Crippen LogP contribution is 2.62. The molecule has 0 N–H and O–H groups in total. The number of fused-ring (bicyclic) bond motifs is 3. The lowest BCUT2D eigenvalue weighted by molar-refractivity contribution is -0.491. The first kappa shape index (κ1) is 22.3. The van der Waals surface area contributed by atoms with Gasteiger partial charge in [0.05, 0.1) is 21.6 Å². The fourth-order valence-electron chi connectivity index (χ4n) is 7.16. The molecule has 6 rings (SSSR count). The van der Waals surface area contributed by atoms with Gasteiger partial charge < -0.3 is 4.90 Å². The Kier molecular flexibility index (Phi) is 4.71. The molecule has 2 unspecified atom stereocenters. The SMILES string of the molecule is Cc1ccc(S(=O)(=O)n2c3c(c4ccccc42)CCN2C(=O)CC4[C@H](C[N+](=O)[O-])[C@@H](C)CC342)cc1. The van der Waals surface area contributed by atoms with Gasteiger partial charge in [0.2, 0.25) is 12.5 Å². The lowest BCUT2D eigenvalue weighted by Gasteiger charge is -2.44. The minimum absolute atomic E-state index is 0.0134. The van der Waals surface area contributed by atoms with Crippen molar-refractivity contribution in [1.29, 1.82) is 0 Å². The minimum Gasteiger partial charge on any atom is -0.331 e. The van der Waals surface area contributed by atoms with Crippen LogP contribution in [-0.2, 0) is 26.8 Å². The van der Waals surface area contributed by atoms with Gasteiger partial charge in [0.25, 0.3) is 10.0 Å². The fraction of sp³-hybridized carbons (Fsp3) is 0.423. The Balaban J connectivity index is 1.68. The number of rotatable bonds is 4. The molecule has 3 aliphatic rings. The van der Waals surface area contributed by atoms with Crippen molar-refractivity contribution < 1.29 is 18.1 Å². The molecule has 1 amide bonds. The van der Waals surface area contributed by atoms with Crippen molar-refractivity contribution >= 4 is 26.8 Å². The third-order valence-electron chi connectivity index (χ3n) is 8.52. The van der Waals surface area contributed by atoms with Gasteiger partial charge >= 0.3 is 0 Å². The number of aryl methyl sites for hydroxylation is 1. The van der Waals surface area contributed by atoms with E-state index in [1.54, 1.807) is 24.3 Å². The van der Waals surface area contributed by atoms with Crippen LogP contribution in [0, 0.1) is 34.8 Å². The molecule has 35 heavy (non-hydrogen) atoms. The van der Waals surface area contributed by atoms with E-state index in [2.05, 4.69) is 0 Å². The van der Waals surface area contributed by atoms with Crippen molar-refractivity contribution in [3.63, 3.8) is 0 Å². The van der Waals surface area contributed by atoms with Crippen LogP contribution in [0.3, 0.4) is 0 Å². The highest BCUT2D eigenvalue weighted by atomic mass is 32.2. The van der Waals surface area contributed by atoms with Gasteiger partial charge in [-0.1, -0.05) is 42.8 Å². The smallest absolute Gasteiger partial charge is 0.268 e. The van der Waals surface area contributed by atoms with E-state index >= 15 is 0 Å². The van der Waals surface area contributed by atoms with E-state index in [9.17, 15) is 23.3 Å². The van der Waals surface area contributed by atoms with Gasteiger partial charge in [0.1, 0.15) is 0 Å². The largest absolute Gasteiger partial charge is 0.331 e. The average Bonchev–Trinajstić information content (AvgIpc) is 3.39. The molecule has 0 radical (unpaired) electrons. The third-order valence-corrected chi connectivity index (χ3v) is 10.3. The van der Waals surface area contributed by atoms with Crippen molar-refractivity contribution in [2.24, 2.45) is 17.8 Å². The number of carbonyl (C=O) groups excluding carboxylic acids is 1. The first-order valence-electron chi connectivity index (χ1n) is 12.0. The molecular weight excluding hydrogens is 466 g/mol. The van der Waals surface area contributed by atoms with Crippen LogP contribution in [-0.4, -0.2) is 41.2 Å². The number of nitro groups is 1. The summed E-state index contributed by atoms with van der Waals surface area (Å²) in [6.45, 7) is 4.19. The Hall–Kier alpha value is -3.20. The van der Waals surface area contributed by atoms with E-state index in [0.29, 0.717) is 30.6 Å². The molecule has 9 heteroatoms. The van der Waals surface area contributed by atoms with E-state index < -0.39 is 15.6 Å². The van der Waals surface area contributed by atoms with Gasteiger partial charge in [-0.25, -0.2) is 12.4 Å². The van der Waals surface area contributed by atoms with Crippen molar-refractivity contribution in [3.05, 3.63) is 75.5 Å². The summed E-state index contributed by atoms with van der Waals surface area (Å²) in [4.78, 5) is 26.5. The lowest BCUT2D eigenvalue weighted by Crippen LogP contribution is -2.51. The molecule has 2 fully saturated rings. The predicted molar refractivity (Wildman–Crippen MR) is 130 cm³/mol. The summed E-state index contributed by atoms with van der Waals surface area (Å²) in [5.74, 6) is -0.643. The standard InChI is InChI=1S/C26H27N3O5S/c1-16-7-9-18(10-8-16)35(33,34)29-23-6-4-3-5-19(23)20-11-12-27-24(30)13-22-21(15-28(31)32)17(2)14-26(22,27)25(20)29/h3-10,17,21-22H,11-15H2,1-2H3/t17-,21+,22?,26?/m0/s1. The van der Waals surface area contributed by atoms with Gasteiger partial charge in [-0.15, -0.1) is 0 Å². The van der Waals surface area contributed by atoms with E-state index in [-0.39, 0.29) is 46.4 Å². The summed E-state index contributed by atoms with van der Waals surface area (Å²) < 4.78 is 29.9. The summed E-state index contributed by atoms with van der Waals surface area (Å²) in [5.41, 5.74) is 2.28. The zero-order valence-electron chi connectivity index (χ0n) is 19.7. The molecule has 0 bridgehead atoms. The van der Waals surface area contributed by atoms with Crippen molar-refractivity contribution in [3.8, 4) is 0 Å². The van der Waals surface area contributed by atoms with Crippen molar-refractivity contribution in [1.82, 2.24) is 8.87 Å². The molecule has 3 heterocycles. The van der Waals surface area contributed by atoms with E-state index in [1.807, 2.05) is 43.0 Å². The summed E-state index contributed by atoms with van der Waals surface area (Å²) >= 11 is 0. The summed E-state index contributed by atoms with van der Waals surface area (Å²) in [7, 11) is -3.99. The Bertz CT molecular complexity index is 1490. The third kappa shape index (κ3) is 2.90. The average molecular weight is 494 g/mol. The van der Waals surface area contributed by atoms with Crippen molar-refractivity contribution in [2.45, 2.75) is 43.5 Å². The van der Waals surface area contributed by atoms with Crippen LogP contribution in [0.25, 0.3) is 10.9 Å². The van der Waals surface area contributed by atoms with Crippen LogP contribution in [0.5, 0.6) is 0 Å². The lowest BCUT2D eigenvalue weighted by atomic mass is 9.77. The van der Waals surface area contributed by atoms with Crippen LogP contribution in [0.2, 0.25) is 0 Å². The predicted octanol–water partition coefficient (Wildman–Crippen LogP) is 3.72. The molecule has 182 valence electrons. The topological polar surface area (TPSA) is 103 Å². The van der Waals surface area contributed by atoms with E-state index in [4.69, 9.17) is 0 Å². The van der Waals surface area contributed by atoms with Gasteiger partial charge in [0, 0.05) is 35.1 Å². The highest BCUT2D eigenvalue weighted by molar-refractivity contribution is 7.90. The van der Waals surface area contributed by atoms with Crippen LogP contribution in [0.4, 0.5) is 0 Å². The van der Waals surface area contributed by atoms with Gasteiger partial charge in [-0.3, -0.25) is 14.9 Å². The van der Waals surface area contributed by atoms with Crippen LogP contribution >= 0.6 is 0 Å². The number of carbonyl (C=O) groups is 1. The van der Waals surface area contributed by atoms with Gasteiger partial charge in [0.15, 0.2) is 0 Å². The second-order valence-corrected chi connectivity index (χ2v) is 12.1. The molecule has 1 spiro atoms. The molecular formula is C26H27N3O5S. The highest BCUT2D eigenvalue weighted by Gasteiger charge is 2.66. The van der Waals surface area contributed by atoms with E-state index in [0.717, 1.165) is 16.5 Å². The van der Waals surface area contributed by atoms with E-state index in [1.165, 1.54) is 3.97 Å². The molecule has 2 aliphatic heterocycles. The van der Waals surface area contributed by atoms with Crippen molar-refractivity contribution in [2.75, 3.05) is 13.1 Å². The zero-order valence-corrected chi connectivity index (χ0v) is 20.5. The van der Waals surface area contributed by atoms with Gasteiger partial charge in [-0.2, -0.15) is 0 Å². The van der Waals surface area contributed by atoms with Crippen LogP contribution in [0.15, 0.2) is 53.4 Å². The molecule has 1 aromatic heterocycles. The Labute approximate surface area is 203 Å². The monoisotopic (exact) mass is 493 g/mol. The molecule has 3 aromatic rings. The Morgan fingerprint density at radius 3 is 2.57 bits per heavy atom. The zero-order chi connectivity index (χ0) is 24.7. The number of benzene rings is 2. The number of hydrogen-bond donors (Lipinski definition) is 0. The van der Waals surface area contributed by atoms with Gasteiger partial charge in [-0.05, 0) is 49.4 Å². The Morgan fingerprint density at radius 1 is 1.14 bits per heavy atom. The fourth-order valence-corrected chi connectivity index (χ4v) is 8.77. The number of aromatic nitrogens is 1. The van der Waals surface area contributed by atoms with Crippen LogP contribution in [0.1, 0.15) is 36.6 Å². The number of nitrogens with zero attached hydrogens (tertiary/aromatic N) is 3. The number of para-hydroxylation sites is 1. The summed E-state index contributed by atoms with van der Waals surface area (Å²) in [6.07, 6.45) is 1.30. The maximum absolute atomic E-state index is 14.2. The second kappa shape index (κ2) is 7.40. The number of hydrogen-bond acceptors (Lipinski definition) is 5. The maximum atomic E-state index is 14.2. The second-order valence-electron chi connectivity index (χ2n) is 10.3. The number of amides is 1. The maximum Gasteiger partial charge on any atom is 0.268 e. The Morgan fingerprint density at radius 2 is 1.86 bits per heavy atom. The molecule has 4 atom stereocenters.